The molecule has 1 aliphatic rings. The van der Waals surface area contributed by atoms with Gasteiger partial charge < -0.3 is 14.2 Å². The largest absolute Gasteiger partial charge is 0.497 e. The van der Waals surface area contributed by atoms with E-state index in [0.29, 0.717) is 24.6 Å². The van der Waals surface area contributed by atoms with E-state index in [-0.39, 0.29) is 5.97 Å². The Morgan fingerprint density at radius 3 is 3.10 bits per heavy atom. The summed E-state index contributed by atoms with van der Waals surface area (Å²) in [6.45, 7) is 2.67. The number of methoxy groups -OCH3 is 1. The molecule has 0 amide bonds. The molecule has 1 aromatic carbocycles. The zero-order valence-corrected chi connectivity index (χ0v) is 12.7. The van der Waals surface area contributed by atoms with Gasteiger partial charge in [-0.05, 0) is 25.1 Å². The fraction of sp³-hybridized carbons (Fsp3) is 0.333. The number of aromatic nitrogens is 1. The summed E-state index contributed by atoms with van der Waals surface area (Å²) < 4.78 is 16.0. The van der Waals surface area contributed by atoms with Gasteiger partial charge >= 0.3 is 5.97 Å². The van der Waals surface area contributed by atoms with Gasteiger partial charge in [0.1, 0.15) is 11.5 Å². The zero-order valence-electron chi connectivity index (χ0n) is 11.8. The van der Waals surface area contributed by atoms with Gasteiger partial charge in [-0.15, -0.1) is 11.3 Å². The molecule has 1 aliphatic heterocycles. The van der Waals surface area contributed by atoms with Crippen molar-refractivity contribution in [2.24, 2.45) is 0 Å². The second-order valence-corrected chi connectivity index (χ2v) is 5.47. The molecule has 0 saturated heterocycles. The van der Waals surface area contributed by atoms with Gasteiger partial charge in [0.2, 0.25) is 5.01 Å². The first-order valence-corrected chi connectivity index (χ1v) is 7.52. The third kappa shape index (κ3) is 2.58. The maximum Gasteiger partial charge on any atom is 0.367 e. The van der Waals surface area contributed by atoms with Gasteiger partial charge in [0.25, 0.3) is 0 Å². The van der Waals surface area contributed by atoms with Crippen molar-refractivity contribution in [3.05, 3.63) is 28.9 Å². The maximum atomic E-state index is 11.9. The van der Waals surface area contributed by atoms with Crippen LogP contribution >= 0.6 is 11.3 Å². The van der Waals surface area contributed by atoms with Crippen molar-refractivity contribution < 1.29 is 19.0 Å². The van der Waals surface area contributed by atoms with Crippen LogP contribution in [0.1, 0.15) is 22.4 Å². The van der Waals surface area contributed by atoms with Crippen LogP contribution in [-0.2, 0) is 11.2 Å². The Morgan fingerprint density at radius 1 is 1.48 bits per heavy atom. The van der Waals surface area contributed by atoms with Crippen molar-refractivity contribution in [3.8, 4) is 21.9 Å². The highest BCUT2D eigenvalue weighted by atomic mass is 32.1. The van der Waals surface area contributed by atoms with Crippen LogP contribution in [0.15, 0.2) is 18.2 Å². The number of hydrogen-bond acceptors (Lipinski definition) is 6. The minimum Gasteiger partial charge on any atom is -0.497 e. The molecule has 0 atom stereocenters. The van der Waals surface area contributed by atoms with Crippen LogP contribution in [0, 0.1) is 0 Å². The lowest BCUT2D eigenvalue weighted by Crippen LogP contribution is -2.05. The second kappa shape index (κ2) is 5.73. The Balaban J connectivity index is 2.08. The standard InChI is InChI=1S/C15H15NO4S/c1-3-19-15(17)14-16-11-6-7-20-12-5-4-9(18-2)8-10(12)13(11)21-14/h4-5,8H,3,6-7H2,1-2H3. The zero-order chi connectivity index (χ0) is 14.8. The summed E-state index contributed by atoms with van der Waals surface area (Å²) in [5.41, 5.74) is 1.78. The molecule has 5 nitrogen and oxygen atoms in total. The Hall–Kier alpha value is -2.08. The SMILES string of the molecule is CCOC(=O)c1nc2c(s1)-c1cc(OC)ccc1OCC2. The molecule has 21 heavy (non-hydrogen) atoms. The van der Waals surface area contributed by atoms with Gasteiger partial charge in [-0.2, -0.15) is 0 Å². The summed E-state index contributed by atoms with van der Waals surface area (Å²) in [6, 6.07) is 5.65. The first kappa shape index (κ1) is 13.9. The van der Waals surface area contributed by atoms with Gasteiger partial charge in [-0.3, -0.25) is 0 Å². The predicted octanol–water partition coefficient (Wildman–Crippen LogP) is 2.93. The summed E-state index contributed by atoms with van der Waals surface area (Å²) in [5.74, 6) is 1.16. The average Bonchev–Trinajstić information content (AvgIpc) is 2.85. The Kier molecular flexibility index (Phi) is 3.79. The number of ether oxygens (including phenoxy) is 3. The molecule has 0 aliphatic carbocycles. The highest BCUT2D eigenvalue weighted by Crippen LogP contribution is 2.41. The van der Waals surface area contributed by atoms with Crippen molar-refractivity contribution in [2.45, 2.75) is 13.3 Å². The number of rotatable bonds is 3. The molecule has 1 aromatic heterocycles. The van der Waals surface area contributed by atoms with Gasteiger partial charge in [0, 0.05) is 12.0 Å². The molecule has 0 spiro atoms. The van der Waals surface area contributed by atoms with E-state index < -0.39 is 0 Å². The van der Waals surface area contributed by atoms with Gasteiger partial charge in [0.05, 0.1) is 30.9 Å². The van der Waals surface area contributed by atoms with Crippen molar-refractivity contribution >= 4 is 17.3 Å². The van der Waals surface area contributed by atoms with E-state index in [1.54, 1.807) is 14.0 Å². The molecule has 0 saturated carbocycles. The van der Waals surface area contributed by atoms with Crippen LogP contribution < -0.4 is 9.47 Å². The van der Waals surface area contributed by atoms with Gasteiger partial charge in [-0.25, -0.2) is 9.78 Å². The van der Waals surface area contributed by atoms with Crippen molar-refractivity contribution in [1.82, 2.24) is 4.98 Å². The smallest absolute Gasteiger partial charge is 0.367 e. The molecule has 0 N–H and O–H groups in total. The summed E-state index contributed by atoms with van der Waals surface area (Å²) in [7, 11) is 1.62. The van der Waals surface area contributed by atoms with Crippen molar-refractivity contribution in [1.29, 1.82) is 0 Å². The lowest BCUT2D eigenvalue weighted by molar-refractivity contribution is 0.0525. The molecule has 110 valence electrons. The summed E-state index contributed by atoms with van der Waals surface area (Å²) in [4.78, 5) is 17.2. The number of thiazole rings is 1. The Morgan fingerprint density at radius 2 is 2.33 bits per heavy atom. The number of carbonyl (C=O) groups is 1. The Bertz CT molecular complexity index is 680. The fourth-order valence-corrected chi connectivity index (χ4v) is 3.24. The van der Waals surface area contributed by atoms with Gasteiger partial charge in [-0.1, -0.05) is 0 Å². The van der Waals surface area contributed by atoms with Crippen LogP contribution in [0.3, 0.4) is 0 Å². The summed E-state index contributed by atoms with van der Waals surface area (Å²) >= 11 is 1.34. The lowest BCUT2D eigenvalue weighted by atomic mass is 10.1. The number of nitrogens with zero attached hydrogens (tertiary/aromatic N) is 1. The molecule has 0 fully saturated rings. The average molecular weight is 305 g/mol. The lowest BCUT2D eigenvalue weighted by Gasteiger charge is -2.08. The van der Waals surface area contributed by atoms with Crippen LogP contribution in [0.25, 0.3) is 10.4 Å². The molecule has 0 unspecified atom stereocenters. The molecule has 6 heteroatoms. The van der Waals surface area contributed by atoms with E-state index in [1.165, 1.54) is 11.3 Å². The van der Waals surface area contributed by atoms with Crippen LogP contribution in [0.2, 0.25) is 0 Å². The molecule has 3 rings (SSSR count). The minimum absolute atomic E-state index is 0.344. The van der Waals surface area contributed by atoms with Crippen LogP contribution in [0.4, 0.5) is 0 Å². The second-order valence-electron chi connectivity index (χ2n) is 4.48. The summed E-state index contributed by atoms with van der Waals surface area (Å²) in [5, 5.41) is 0.387. The van der Waals surface area contributed by atoms with E-state index >= 15 is 0 Å². The van der Waals surface area contributed by atoms with Crippen molar-refractivity contribution in [2.75, 3.05) is 20.3 Å². The van der Waals surface area contributed by atoms with Crippen LogP contribution in [-0.4, -0.2) is 31.3 Å². The van der Waals surface area contributed by atoms with E-state index in [9.17, 15) is 4.79 Å². The molecule has 0 radical (unpaired) electrons. The predicted molar refractivity (Wildman–Crippen MR) is 79.3 cm³/mol. The first-order valence-electron chi connectivity index (χ1n) is 6.71. The van der Waals surface area contributed by atoms with E-state index in [4.69, 9.17) is 14.2 Å². The summed E-state index contributed by atoms with van der Waals surface area (Å²) in [6.07, 6.45) is 0.669. The third-order valence-electron chi connectivity index (χ3n) is 3.18. The molecular weight excluding hydrogens is 290 g/mol. The number of hydrogen-bond donors (Lipinski definition) is 0. The van der Waals surface area contributed by atoms with E-state index in [2.05, 4.69) is 4.98 Å². The quantitative estimate of drug-likeness (QED) is 0.816. The van der Waals surface area contributed by atoms with E-state index in [1.807, 2.05) is 18.2 Å². The number of esters is 1. The highest BCUT2D eigenvalue weighted by molar-refractivity contribution is 7.17. The fourth-order valence-electron chi connectivity index (χ4n) is 2.21. The van der Waals surface area contributed by atoms with Gasteiger partial charge in [0.15, 0.2) is 0 Å². The number of carbonyl (C=O) groups excluding carboxylic acids is 1. The monoisotopic (exact) mass is 305 g/mol. The molecular formula is C15H15NO4S. The highest BCUT2D eigenvalue weighted by Gasteiger charge is 2.23. The normalized spacial score (nSPS) is 12.7. The van der Waals surface area contributed by atoms with Crippen LogP contribution in [0.5, 0.6) is 11.5 Å². The molecule has 0 bridgehead atoms. The van der Waals surface area contributed by atoms with E-state index in [0.717, 1.165) is 27.6 Å². The van der Waals surface area contributed by atoms with Crippen molar-refractivity contribution in [3.63, 3.8) is 0 Å². The first-order chi connectivity index (χ1) is 10.2. The molecule has 2 heterocycles. The maximum absolute atomic E-state index is 11.9. The Labute approximate surface area is 126 Å². The number of fused-ring (bicyclic) bond motifs is 3. The molecule has 2 aromatic rings. The number of benzene rings is 1. The third-order valence-corrected chi connectivity index (χ3v) is 4.29. The minimum atomic E-state index is -0.374. The topological polar surface area (TPSA) is 57.7 Å².